The van der Waals surface area contributed by atoms with E-state index in [2.05, 4.69) is 0 Å². The summed E-state index contributed by atoms with van der Waals surface area (Å²) in [4.78, 5) is 0. The molecule has 0 saturated heterocycles. The van der Waals surface area contributed by atoms with Gasteiger partial charge in [0.1, 0.15) is 0 Å². The molecule has 0 aliphatic carbocycles. The molecule has 0 nitrogen and oxygen atoms in total. The molecule has 0 fully saturated rings. The Kier molecular flexibility index (Phi) is 119. The van der Waals surface area contributed by atoms with Crippen molar-refractivity contribution < 1.29 is 19.5 Å². The molecule has 0 spiro atoms. The van der Waals surface area contributed by atoms with Gasteiger partial charge in [-0.15, -0.1) is 0 Å². The molecule has 0 saturated carbocycles. The minimum absolute atomic E-state index is 0. The molecule has 0 aliphatic rings. The van der Waals surface area contributed by atoms with Gasteiger partial charge in [-0.3, -0.25) is 0 Å². The quantitative estimate of drug-likeness (QED) is 0.326. The van der Waals surface area contributed by atoms with Gasteiger partial charge < -0.3 is 0 Å². The molecule has 0 heterocycles. The van der Waals surface area contributed by atoms with E-state index in [1.807, 2.05) is 0 Å². The van der Waals surface area contributed by atoms with Crippen molar-refractivity contribution in [1.29, 1.82) is 0 Å². The molecule has 0 aromatic rings. The monoisotopic (exact) mass is 470 g/mol. The van der Waals surface area contributed by atoms with E-state index in [1.165, 1.54) is 0 Å². The van der Waals surface area contributed by atoms with Crippen LogP contribution in [0.4, 0.5) is 0 Å². The summed E-state index contributed by atoms with van der Waals surface area (Å²) in [6.07, 6.45) is 0. The number of hydrogen-bond acceptors (Lipinski definition) is 0. The van der Waals surface area contributed by atoms with E-state index in [0.29, 0.717) is 0 Å². The zero-order chi connectivity index (χ0) is 0. The first-order chi connectivity index (χ1) is 0. The molecule has 4 heteroatoms. The summed E-state index contributed by atoms with van der Waals surface area (Å²) in [5.41, 5.74) is 0. The summed E-state index contributed by atoms with van der Waals surface area (Å²) in [5, 5.41) is 0. The Labute approximate surface area is 87.8 Å². The Bertz CT molecular complexity index is 8.00. The third-order valence-electron chi connectivity index (χ3n) is 0. The second kappa shape index (κ2) is 16.8. The standard InChI is InChI=1S/Bi.Ga.Sn.Zn.8H. The smallest absolute Gasteiger partial charge is 0 e. The number of hydrogen-bond donors (Lipinski definition) is 0. The average molecular weight is 471 g/mol. The fourth-order valence-electron chi connectivity index (χ4n) is 0. The predicted molar refractivity (Wildman–Crippen MR) is 28.4 cm³/mol. The molecule has 0 rings (SSSR count). The van der Waals surface area contributed by atoms with Crippen LogP contribution >= 0.6 is 0 Å². The van der Waals surface area contributed by atoms with Crippen molar-refractivity contribution in [3.8, 4) is 0 Å². The Morgan fingerprint density at radius 3 is 1.00 bits per heavy atom. The Balaban J connectivity index is 0. The summed E-state index contributed by atoms with van der Waals surface area (Å²) in [6.45, 7) is 0. The van der Waals surface area contributed by atoms with E-state index < -0.39 is 0 Å². The van der Waals surface area contributed by atoms with Crippen LogP contribution in [0.5, 0.6) is 0 Å². The summed E-state index contributed by atoms with van der Waals surface area (Å²) < 4.78 is 0. The van der Waals surface area contributed by atoms with E-state index >= 15 is 0 Å². The van der Waals surface area contributed by atoms with E-state index in [4.69, 9.17) is 0 Å². The van der Waals surface area contributed by atoms with Gasteiger partial charge in [0.05, 0.1) is 0 Å². The van der Waals surface area contributed by atoms with Gasteiger partial charge in [0.15, 0.2) is 0 Å². The van der Waals surface area contributed by atoms with Crippen molar-refractivity contribution in [1.82, 2.24) is 0 Å². The zero-order valence-electron chi connectivity index (χ0n) is 2.12. The molecular formula is H8BiGaSnZn. The first-order valence-corrected chi connectivity index (χ1v) is 0. The van der Waals surface area contributed by atoms with E-state index in [9.17, 15) is 0 Å². The Morgan fingerprint density at radius 2 is 1.00 bits per heavy atom. The van der Waals surface area contributed by atoms with Crippen LogP contribution in [0.25, 0.3) is 0 Å². The van der Waals surface area contributed by atoms with Crippen LogP contribution in [-0.4, -0.2) is 69.9 Å². The molecule has 0 aromatic carbocycles. The molecule has 0 amide bonds. The third-order valence-corrected chi connectivity index (χ3v) is 0. The van der Waals surface area contributed by atoms with Gasteiger partial charge in [-0.2, -0.15) is 0 Å². The van der Waals surface area contributed by atoms with Crippen LogP contribution in [0.1, 0.15) is 0 Å². The fraction of sp³-hybridized carbons (Fsp3) is 0. The molecular weight excluding hydrogens is 463 g/mol. The van der Waals surface area contributed by atoms with Gasteiger partial charge in [0.25, 0.3) is 0 Å². The summed E-state index contributed by atoms with van der Waals surface area (Å²) in [6, 6.07) is 0. The van der Waals surface area contributed by atoms with Crippen LogP contribution in [0.2, 0.25) is 0 Å². The molecule has 0 aromatic heterocycles. The maximum absolute atomic E-state index is 0. The largest absolute Gasteiger partial charge is 0 e. The normalized spacial score (nSPS) is 0. The molecule has 4 heavy (non-hydrogen) atoms. The van der Waals surface area contributed by atoms with Crippen molar-refractivity contribution in [2.75, 3.05) is 0 Å². The minimum atomic E-state index is 0. The zero-order valence-corrected chi connectivity index (χ0v) is 14.6. The Morgan fingerprint density at radius 1 is 1.00 bits per heavy atom. The average Bonchev–Trinajstić information content (AvgIpc) is 0. The van der Waals surface area contributed by atoms with Gasteiger partial charge in [0, 0.05) is 19.5 Å². The first kappa shape index (κ1) is 28.3. The van der Waals surface area contributed by atoms with Crippen LogP contribution in [-0.2, 0) is 19.5 Å². The van der Waals surface area contributed by atoms with Gasteiger partial charge in [-0.1, -0.05) is 0 Å². The predicted octanol–water partition coefficient (Wildman–Crippen LogP) is -3.29. The molecule has 0 N–H and O–H groups in total. The third kappa shape index (κ3) is 8.87. The molecule has 0 atom stereocenters. The Hall–Kier alpha value is 2.94. The fourth-order valence-corrected chi connectivity index (χ4v) is 0. The maximum Gasteiger partial charge on any atom is 0 e. The molecule has 0 aliphatic heterocycles. The molecule has 2 radical (unpaired) electrons. The van der Waals surface area contributed by atoms with Crippen LogP contribution < -0.4 is 0 Å². The van der Waals surface area contributed by atoms with Gasteiger partial charge in [-0.05, 0) is 0 Å². The van der Waals surface area contributed by atoms with E-state index in [1.54, 1.807) is 0 Å². The van der Waals surface area contributed by atoms with Crippen molar-refractivity contribution in [3.63, 3.8) is 0 Å². The van der Waals surface area contributed by atoms with Crippen LogP contribution in [0.15, 0.2) is 0 Å². The maximum atomic E-state index is 0. The van der Waals surface area contributed by atoms with Gasteiger partial charge >= 0.3 is 69.9 Å². The summed E-state index contributed by atoms with van der Waals surface area (Å²) in [5.74, 6) is 0. The van der Waals surface area contributed by atoms with Crippen molar-refractivity contribution in [2.45, 2.75) is 0 Å². The van der Waals surface area contributed by atoms with Crippen molar-refractivity contribution in [3.05, 3.63) is 0 Å². The van der Waals surface area contributed by atoms with Crippen LogP contribution in [0.3, 0.4) is 0 Å². The minimum Gasteiger partial charge on any atom is 0 e. The topological polar surface area (TPSA) is 0 Å². The van der Waals surface area contributed by atoms with Crippen molar-refractivity contribution in [2.24, 2.45) is 0 Å². The van der Waals surface area contributed by atoms with Crippen molar-refractivity contribution >= 4 is 69.9 Å². The first-order valence-electron chi connectivity index (χ1n) is 0. The number of rotatable bonds is 0. The van der Waals surface area contributed by atoms with Crippen LogP contribution in [0, 0.1) is 0 Å². The molecule has 22 valence electrons. The summed E-state index contributed by atoms with van der Waals surface area (Å²) in [7, 11) is 0. The SMILES string of the molecule is [BiH3].[GaH3].[SnH2].[Zn]. The van der Waals surface area contributed by atoms with E-state index in [0.717, 1.165) is 0 Å². The molecule has 0 unspecified atom stereocenters. The second-order valence-electron chi connectivity index (χ2n) is 0. The van der Waals surface area contributed by atoms with Gasteiger partial charge in [-0.25, -0.2) is 0 Å². The van der Waals surface area contributed by atoms with E-state index in [-0.39, 0.29) is 89.4 Å². The molecule has 0 bridgehead atoms. The second-order valence-corrected chi connectivity index (χ2v) is 0. The van der Waals surface area contributed by atoms with Gasteiger partial charge in [0.2, 0.25) is 0 Å². The summed E-state index contributed by atoms with van der Waals surface area (Å²) >= 11 is 0.